The van der Waals surface area contributed by atoms with Gasteiger partial charge in [-0.1, -0.05) is 38.1 Å². The van der Waals surface area contributed by atoms with Crippen LogP contribution in [-0.4, -0.2) is 0 Å². The lowest BCUT2D eigenvalue weighted by Crippen LogP contribution is -2.18. The third-order valence-electron chi connectivity index (χ3n) is 3.13. The highest BCUT2D eigenvalue weighted by atomic mass is 127. The normalized spacial score (nSPS) is 11.5. The van der Waals surface area contributed by atoms with Crippen LogP contribution in [0.15, 0.2) is 48.5 Å². The summed E-state index contributed by atoms with van der Waals surface area (Å²) in [4.78, 5) is 0. The molecule has 0 saturated heterocycles. The maximum Gasteiger partial charge on any atom is 0.0146 e. The largest absolute Gasteiger partial charge is 0.0571 e. The quantitative estimate of drug-likeness (QED) is 0.553. The van der Waals surface area contributed by atoms with Gasteiger partial charge in [-0.15, -0.1) is 0 Å². The Bertz CT molecular complexity index is 448. The maximum atomic E-state index is 2.34. The van der Waals surface area contributed by atoms with Crippen LogP contribution in [-0.2, 0) is 5.41 Å². The van der Waals surface area contributed by atoms with Crippen molar-refractivity contribution in [2.24, 2.45) is 0 Å². The van der Waals surface area contributed by atoms with E-state index in [9.17, 15) is 0 Å². The molecule has 2 heteroatoms. The van der Waals surface area contributed by atoms with E-state index in [-0.39, 0.29) is 5.41 Å². The predicted molar refractivity (Wildman–Crippen MR) is 90.4 cm³/mol. The third kappa shape index (κ3) is 3.02. The zero-order valence-corrected chi connectivity index (χ0v) is 14.2. The Morgan fingerprint density at radius 3 is 1.24 bits per heavy atom. The van der Waals surface area contributed by atoms with E-state index in [0.29, 0.717) is 0 Å². The molecule has 88 valence electrons. The van der Waals surface area contributed by atoms with Crippen molar-refractivity contribution in [1.29, 1.82) is 0 Å². The molecule has 0 heterocycles. The topological polar surface area (TPSA) is 0 Å². The first-order valence-electron chi connectivity index (χ1n) is 5.52. The van der Waals surface area contributed by atoms with Gasteiger partial charge in [-0.25, -0.2) is 0 Å². The zero-order valence-electron chi connectivity index (χ0n) is 9.87. The summed E-state index contributed by atoms with van der Waals surface area (Å²) in [5, 5.41) is 0. The van der Waals surface area contributed by atoms with Crippen LogP contribution < -0.4 is 0 Å². The molecular weight excluding hydrogens is 434 g/mol. The Kier molecular flexibility index (Phi) is 4.13. The van der Waals surface area contributed by atoms with E-state index in [1.165, 1.54) is 18.3 Å². The Balaban J connectivity index is 2.41. The minimum atomic E-state index is 0.0642. The summed E-state index contributed by atoms with van der Waals surface area (Å²) < 4.78 is 2.56. The molecule has 2 aromatic rings. The lowest BCUT2D eigenvalue weighted by Gasteiger charge is -2.26. The second-order valence-corrected chi connectivity index (χ2v) is 7.13. The zero-order chi connectivity index (χ0) is 12.5. The molecule has 0 spiro atoms. The molecular formula is C15H14I2. The average molecular weight is 448 g/mol. The van der Waals surface area contributed by atoms with Crippen LogP contribution in [0.3, 0.4) is 0 Å². The highest BCUT2D eigenvalue weighted by Gasteiger charge is 2.22. The molecule has 0 amide bonds. The smallest absolute Gasteiger partial charge is 0.0146 e. The van der Waals surface area contributed by atoms with Crippen molar-refractivity contribution in [3.63, 3.8) is 0 Å². The van der Waals surface area contributed by atoms with E-state index < -0.39 is 0 Å². The molecule has 0 N–H and O–H groups in total. The van der Waals surface area contributed by atoms with Crippen LogP contribution in [0.5, 0.6) is 0 Å². The third-order valence-corrected chi connectivity index (χ3v) is 4.57. The van der Waals surface area contributed by atoms with Gasteiger partial charge in [-0.2, -0.15) is 0 Å². The monoisotopic (exact) mass is 448 g/mol. The van der Waals surface area contributed by atoms with Crippen molar-refractivity contribution >= 4 is 45.2 Å². The van der Waals surface area contributed by atoms with Crippen molar-refractivity contribution in [2.75, 3.05) is 0 Å². The summed E-state index contributed by atoms with van der Waals surface area (Å²) in [5.41, 5.74) is 2.78. The molecule has 0 nitrogen and oxygen atoms in total. The maximum absolute atomic E-state index is 2.34. The second-order valence-electron chi connectivity index (χ2n) is 4.64. The number of hydrogen-bond acceptors (Lipinski definition) is 0. The molecule has 0 bridgehead atoms. The summed E-state index contributed by atoms with van der Waals surface area (Å²) in [7, 11) is 0. The summed E-state index contributed by atoms with van der Waals surface area (Å²) >= 11 is 4.69. The van der Waals surface area contributed by atoms with Crippen LogP contribution in [0.25, 0.3) is 0 Å². The van der Waals surface area contributed by atoms with Gasteiger partial charge in [0.25, 0.3) is 0 Å². The van der Waals surface area contributed by atoms with Gasteiger partial charge in [0.1, 0.15) is 0 Å². The molecule has 0 unspecified atom stereocenters. The molecule has 0 saturated carbocycles. The SMILES string of the molecule is CC(C)(c1ccc(I)cc1)c1ccc(I)cc1. The second kappa shape index (κ2) is 5.26. The minimum Gasteiger partial charge on any atom is -0.0571 e. The lowest BCUT2D eigenvalue weighted by atomic mass is 9.78. The molecule has 0 radical (unpaired) electrons. The number of benzene rings is 2. The van der Waals surface area contributed by atoms with Crippen molar-refractivity contribution < 1.29 is 0 Å². The van der Waals surface area contributed by atoms with Gasteiger partial charge in [-0.05, 0) is 80.6 Å². The van der Waals surface area contributed by atoms with E-state index in [0.717, 1.165) is 0 Å². The molecule has 17 heavy (non-hydrogen) atoms. The number of hydrogen-bond donors (Lipinski definition) is 0. The van der Waals surface area contributed by atoms with Gasteiger partial charge in [0, 0.05) is 12.6 Å². The van der Waals surface area contributed by atoms with Crippen LogP contribution in [0.4, 0.5) is 0 Å². The van der Waals surface area contributed by atoms with E-state index in [1.807, 2.05) is 0 Å². The Morgan fingerprint density at radius 1 is 0.647 bits per heavy atom. The average Bonchev–Trinajstić information content (AvgIpc) is 2.30. The first-order chi connectivity index (χ1) is 8.00. The Morgan fingerprint density at radius 2 is 0.941 bits per heavy atom. The standard InChI is InChI=1S/C15H14I2/c1-15(2,11-3-7-13(16)8-4-11)12-5-9-14(17)10-6-12/h3-10H,1-2H3. The predicted octanol–water partition coefficient (Wildman–Crippen LogP) is 5.22. The summed E-state index contributed by atoms with van der Waals surface area (Å²) in [6.45, 7) is 4.55. The molecule has 0 aromatic heterocycles. The van der Waals surface area contributed by atoms with Gasteiger partial charge >= 0.3 is 0 Å². The van der Waals surface area contributed by atoms with E-state index in [4.69, 9.17) is 0 Å². The van der Waals surface area contributed by atoms with Gasteiger partial charge < -0.3 is 0 Å². The fourth-order valence-corrected chi connectivity index (χ4v) is 2.62. The molecule has 0 fully saturated rings. The van der Waals surface area contributed by atoms with Gasteiger partial charge in [0.05, 0.1) is 0 Å². The molecule has 2 aromatic carbocycles. The van der Waals surface area contributed by atoms with Gasteiger partial charge in [-0.3, -0.25) is 0 Å². The Hall–Kier alpha value is -0.100. The van der Waals surface area contributed by atoms with Gasteiger partial charge in [0.15, 0.2) is 0 Å². The summed E-state index contributed by atoms with van der Waals surface area (Å²) in [5.74, 6) is 0. The first kappa shape index (κ1) is 13.3. The van der Waals surface area contributed by atoms with Crippen LogP contribution >= 0.6 is 45.2 Å². The molecule has 0 aliphatic carbocycles. The van der Waals surface area contributed by atoms with Crippen LogP contribution in [0, 0.1) is 7.14 Å². The van der Waals surface area contributed by atoms with Crippen LogP contribution in [0.1, 0.15) is 25.0 Å². The van der Waals surface area contributed by atoms with Crippen molar-refractivity contribution in [1.82, 2.24) is 0 Å². The van der Waals surface area contributed by atoms with Gasteiger partial charge in [0.2, 0.25) is 0 Å². The molecule has 0 aliphatic rings. The Labute approximate surface area is 130 Å². The minimum absolute atomic E-state index is 0.0642. The van der Waals surface area contributed by atoms with E-state index >= 15 is 0 Å². The number of rotatable bonds is 2. The first-order valence-corrected chi connectivity index (χ1v) is 7.68. The highest BCUT2D eigenvalue weighted by Crippen LogP contribution is 2.31. The number of halogens is 2. The lowest BCUT2D eigenvalue weighted by molar-refractivity contribution is 0.640. The summed E-state index contributed by atoms with van der Waals surface area (Å²) in [6.07, 6.45) is 0. The molecule has 2 rings (SSSR count). The molecule has 0 atom stereocenters. The van der Waals surface area contributed by atoms with E-state index in [1.54, 1.807) is 0 Å². The fourth-order valence-electron chi connectivity index (χ4n) is 1.90. The highest BCUT2D eigenvalue weighted by molar-refractivity contribution is 14.1. The van der Waals surface area contributed by atoms with Crippen molar-refractivity contribution in [3.05, 3.63) is 66.8 Å². The summed E-state index contributed by atoms with van der Waals surface area (Å²) in [6, 6.07) is 17.6. The van der Waals surface area contributed by atoms with Crippen molar-refractivity contribution in [3.8, 4) is 0 Å². The van der Waals surface area contributed by atoms with Crippen molar-refractivity contribution in [2.45, 2.75) is 19.3 Å². The molecule has 0 aliphatic heterocycles. The van der Waals surface area contributed by atoms with E-state index in [2.05, 4.69) is 108 Å². The van der Waals surface area contributed by atoms with Crippen LogP contribution in [0.2, 0.25) is 0 Å². The fraction of sp³-hybridized carbons (Fsp3) is 0.200.